The summed E-state index contributed by atoms with van der Waals surface area (Å²) in [5, 5.41) is 9.21. The molecule has 1 aromatic carbocycles. The Morgan fingerprint density at radius 1 is 1.32 bits per heavy atom. The second-order valence-corrected chi connectivity index (χ2v) is 7.48. The normalized spacial score (nSPS) is 11.6. The monoisotopic (exact) mass is 366 g/mol. The Bertz CT molecular complexity index is 841. The maximum absolute atomic E-state index is 12.7. The summed E-state index contributed by atoms with van der Waals surface area (Å²) in [5.41, 5.74) is 1.30. The highest BCUT2D eigenvalue weighted by atomic mass is 32.2. The number of rotatable bonds is 7. The van der Waals surface area contributed by atoms with E-state index in [1.807, 2.05) is 6.92 Å². The minimum Gasteiger partial charge on any atom is -0.492 e. The fourth-order valence-corrected chi connectivity index (χ4v) is 3.86. The van der Waals surface area contributed by atoms with Gasteiger partial charge in [0.2, 0.25) is 15.9 Å². The summed E-state index contributed by atoms with van der Waals surface area (Å²) in [6.07, 6.45) is 0. The number of nitrogens with zero attached hydrogens (tertiary/aromatic N) is 2. The van der Waals surface area contributed by atoms with Crippen molar-refractivity contribution in [2.75, 3.05) is 25.5 Å². The van der Waals surface area contributed by atoms with Crippen molar-refractivity contribution in [3.63, 3.8) is 0 Å². The predicted molar refractivity (Wildman–Crippen MR) is 94.1 cm³/mol. The van der Waals surface area contributed by atoms with E-state index in [1.165, 1.54) is 7.05 Å². The van der Waals surface area contributed by atoms with Crippen molar-refractivity contribution in [2.45, 2.75) is 25.7 Å². The molecule has 0 saturated heterocycles. The summed E-state index contributed by atoms with van der Waals surface area (Å²) in [6, 6.07) is 6.98. The van der Waals surface area contributed by atoms with Gasteiger partial charge in [-0.3, -0.25) is 9.89 Å². The molecule has 0 bridgehead atoms. The molecule has 0 aliphatic heterocycles. The van der Waals surface area contributed by atoms with Gasteiger partial charge in [-0.25, -0.2) is 8.42 Å². The van der Waals surface area contributed by atoms with Gasteiger partial charge in [0.1, 0.15) is 10.6 Å². The molecule has 0 spiro atoms. The van der Waals surface area contributed by atoms with Crippen LogP contribution in [0.3, 0.4) is 0 Å². The van der Waals surface area contributed by atoms with E-state index < -0.39 is 15.9 Å². The van der Waals surface area contributed by atoms with Crippen LogP contribution in [-0.2, 0) is 14.8 Å². The Hall–Kier alpha value is -2.39. The second-order valence-electron chi connectivity index (χ2n) is 5.50. The number of carbonyl (C=O) groups excluding carboxylic acids is 1. The van der Waals surface area contributed by atoms with Gasteiger partial charge in [0.05, 0.1) is 30.2 Å². The summed E-state index contributed by atoms with van der Waals surface area (Å²) >= 11 is 0. The molecule has 0 aliphatic carbocycles. The zero-order valence-electron chi connectivity index (χ0n) is 14.7. The van der Waals surface area contributed by atoms with E-state index in [4.69, 9.17) is 4.74 Å². The Labute approximate surface area is 147 Å². The van der Waals surface area contributed by atoms with E-state index in [9.17, 15) is 13.2 Å². The first kappa shape index (κ1) is 18.9. The number of aromatic amines is 1. The third kappa shape index (κ3) is 4.18. The molecule has 0 aliphatic rings. The SMILES string of the molecule is CCOc1ccccc1NC(=O)CN(C)S(=O)(=O)c1c(C)n[nH]c1C. The quantitative estimate of drug-likeness (QED) is 0.776. The van der Waals surface area contributed by atoms with Crippen LogP contribution in [0.1, 0.15) is 18.3 Å². The number of aromatic nitrogens is 2. The molecule has 0 fully saturated rings. The van der Waals surface area contributed by atoms with E-state index in [0.29, 0.717) is 29.4 Å². The lowest BCUT2D eigenvalue weighted by Gasteiger charge is -2.18. The summed E-state index contributed by atoms with van der Waals surface area (Å²) in [7, 11) is -2.46. The summed E-state index contributed by atoms with van der Waals surface area (Å²) < 4.78 is 31.7. The Morgan fingerprint density at radius 3 is 2.60 bits per heavy atom. The van der Waals surface area contributed by atoms with Gasteiger partial charge >= 0.3 is 0 Å². The number of amides is 1. The molecule has 0 saturated carbocycles. The van der Waals surface area contributed by atoms with Crippen LogP contribution >= 0.6 is 0 Å². The van der Waals surface area contributed by atoms with Crippen molar-refractivity contribution in [3.8, 4) is 5.75 Å². The number of sulfonamides is 1. The number of para-hydroxylation sites is 2. The molecule has 25 heavy (non-hydrogen) atoms. The van der Waals surface area contributed by atoms with Crippen LogP contribution in [0.5, 0.6) is 5.75 Å². The first-order valence-electron chi connectivity index (χ1n) is 7.77. The molecule has 1 heterocycles. The molecule has 136 valence electrons. The third-order valence-corrected chi connectivity index (χ3v) is 5.62. The van der Waals surface area contributed by atoms with Crippen LogP contribution in [0.25, 0.3) is 0 Å². The van der Waals surface area contributed by atoms with E-state index in [-0.39, 0.29) is 11.4 Å². The minimum absolute atomic E-state index is 0.0949. The van der Waals surface area contributed by atoms with E-state index in [2.05, 4.69) is 15.5 Å². The molecule has 2 N–H and O–H groups in total. The molecule has 9 heteroatoms. The van der Waals surface area contributed by atoms with Crippen molar-refractivity contribution in [2.24, 2.45) is 0 Å². The van der Waals surface area contributed by atoms with Gasteiger partial charge in [-0.1, -0.05) is 12.1 Å². The zero-order chi connectivity index (χ0) is 18.6. The smallest absolute Gasteiger partial charge is 0.246 e. The Morgan fingerprint density at radius 2 is 2.00 bits per heavy atom. The molecule has 2 rings (SSSR count). The van der Waals surface area contributed by atoms with Crippen LogP contribution < -0.4 is 10.1 Å². The van der Waals surface area contributed by atoms with Crippen LogP contribution in [0, 0.1) is 13.8 Å². The number of H-pyrrole nitrogens is 1. The Balaban J connectivity index is 2.13. The van der Waals surface area contributed by atoms with Crippen molar-refractivity contribution < 1.29 is 17.9 Å². The average Bonchev–Trinajstić information content (AvgIpc) is 2.88. The number of anilines is 1. The van der Waals surface area contributed by atoms with Gasteiger partial charge in [-0.2, -0.15) is 9.40 Å². The van der Waals surface area contributed by atoms with Gasteiger partial charge in [-0.05, 0) is 32.9 Å². The molecule has 0 atom stereocenters. The lowest BCUT2D eigenvalue weighted by Crippen LogP contribution is -2.35. The van der Waals surface area contributed by atoms with Gasteiger partial charge in [0.25, 0.3) is 0 Å². The van der Waals surface area contributed by atoms with Gasteiger partial charge in [-0.15, -0.1) is 0 Å². The van der Waals surface area contributed by atoms with Gasteiger partial charge < -0.3 is 10.1 Å². The molecule has 1 aromatic heterocycles. The zero-order valence-corrected chi connectivity index (χ0v) is 15.5. The van der Waals surface area contributed by atoms with Gasteiger partial charge in [0, 0.05) is 7.05 Å². The first-order chi connectivity index (χ1) is 11.8. The maximum atomic E-state index is 12.7. The standard InChI is InChI=1S/C16H22N4O4S/c1-5-24-14-9-7-6-8-13(14)17-15(21)10-20(4)25(22,23)16-11(2)18-19-12(16)3/h6-9H,5,10H2,1-4H3,(H,17,21)(H,18,19). The van der Waals surface area contributed by atoms with Crippen molar-refractivity contribution in [3.05, 3.63) is 35.7 Å². The van der Waals surface area contributed by atoms with Crippen LogP contribution in [0.15, 0.2) is 29.2 Å². The Kier molecular flexibility index (Phi) is 5.81. The van der Waals surface area contributed by atoms with E-state index in [1.54, 1.807) is 38.1 Å². The number of ether oxygens (including phenoxy) is 1. The maximum Gasteiger partial charge on any atom is 0.246 e. The molecule has 1 amide bonds. The second kappa shape index (κ2) is 7.66. The van der Waals surface area contributed by atoms with Crippen LogP contribution in [0.4, 0.5) is 5.69 Å². The molecule has 0 unspecified atom stereocenters. The molecular formula is C16H22N4O4S. The molecule has 2 aromatic rings. The fourth-order valence-electron chi connectivity index (χ4n) is 2.40. The summed E-state index contributed by atoms with van der Waals surface area (Å²) in [6.45, 7) is 5.20. The highest BCUT2D eigenvalue weighted by Crippen LogP contribution is 2.24. The van der Waals surface area contributed by atoms with Crippen molar-refractivity contribution in [1.29, 1.82) is 0 Å². The first-order valence-corrected chi connectivity index (χ1v) is 9.21. The highest BCUT2D eigenvalue weighted by molar-refractivity contribution is 7.89. The topological polar surface area (TPSA) is 104 Å². The minimum atomic E-state index is -3.82. The fraction of sp³-hybridized carbons (Fsp3) is 0.375. The number of likely N-dealkylation sites (N-methyl/N-ethyl adjacent to an activating group) is 1. The van der Waals surface area contributed by atoms with E-state index in [0.717, 1.165) is 4.31 Å². The lowest BCUT2D eigenvalue weighted by atomic mass is 10.3. The largest absolute Gasteiger partial charge is 0.492 e. The average molecular weight is 366 g/mol. The van der Waals surface area contributed by atoms with Crippen LogP contribution in [0.2, 0.25) is 0 Å². The van der Waals surface area contributed by atoms with E-state index >= 15 is 0 Å². The lowest BCUT2D eigenvalue weighted by molar-refractivity contribution is -0.116. The highest BCUT2D eigenvalue weighted by Gasteiger charge is 2.28. The number of carbonyl (C=O) groups is 1. The number of hydrogen-bond donors (Lipinski definition) is 2. The molecule has 8 nitrogen and oxygen atoms in total. The molecular weight excluding hydrogens is 344 g/mol. The molecule has 0 radical (unpaired) electrons. The van der Waals surface area contributed by atoms with Crippen molar-refractivity contribution >= 4 is 21.6 Å². The third-order valence-electron chi connectivity index (χ3n) is 3.56. The van der Waals surface area contributed by atoms with Gasteiger partial charge in [0.15, 0.2) is 0 Å². The number of aryl methyl sites for hydroxylation is 2. The number of benzene rings is 1. The van der Waals surface area contributed by atoms with Crippen LogP contribution in [-0.4, -0.2) is 49.0 Å². The van der Waals surface area contributed by atoms with Crippen molar-refractivity contribution in [1.82, 2.24) is 14.5 Å². The summed E-state index contributed by atoms with van der Waals surface area (Å²) in [5.74, 6) is 0.0717. The number of nitrogens with one attached hydrogen (secondary N) is 2. The number of hydrogen-bond acceptors (Lipinski definition) is 5. The predicted octanol–water partition coefficient (Wildman–Crippen LogP) is 1.68. The summed E-state index contributed by atoms with van der Waals surface area (Å²) in [4.78, 5) is 12.4.